The molecule has 0 heterocycles. The van der Waals surface area contributed by atoms with Gasteiger partial charge in [-0.2, -0.15) is 0 Å². The van der Waals surface area contributed by atoms with E-state index in [4.69, 9.17) is 16.3 Å². The Balaban J connectivity index is 2.15. The molecule has 2 aromatic rings. The van der Waals surface area contributed by atoms with Crippen LogP contribution in [0.2, 0.25) is 5.02 Å². The molecule has 0 saturated heterocycles. The summed E-state index contributed by atoms with van der Waals surface area (Å²) in [4.78, 5) is 11.4. The van der Waals surface area contributed by atoms with Gasteiger partial charge in [0.1, 0.15) is 5.75 Å². The van der Waals surface area contributed by atoms with E-state index < -0.39 is 12.1 Å². The minimum absolute atomic E-state index is 0.308. The third kappa shape index (κ3) is 4.23. The minimum Gasteiger partial charge on any atom is -0.478 e. The first kappa shape index (κ1) is 15.4. The van der Waals surface area contributed by atoms with Crippen LogP contribution in [0.4, 0.5) is 0 Å². The Labute approximate surface area is 129 Å². The van der Waals surface area contributed by atoms with Crippen molar-refractivity contribution in [2.45, 2.75) is 26.4 Å². The fraction of sp³-hybridized carbons (Fsp3) is 0.235. The molecule has 0 saturated carbocycles. The van der Waals surface area contributed by atoms with Gasteiger partial charge in [0, 0.05) is 11.4 Å². The summed E-state index contributed by atoms with van der Waals surface area (Å²) in [6.45, 7) is 4.03. The molecule has 110 valence electrons. The summed E-state index contributed by atoms with van der Waals surface area (Å²) in [7, 11) is 0. The molecule has 0 bridgehead atoms. The standard InChI is InChI=1S/C17H17ClO3/c1-11-6-7-13(8-12(11)2)9-16(17(19)20)21-15-5-3-4-14(18)10-15/h3-8,10,16H,9H2,1-2H3,(H,19,20)/t16-/m1/s1. The number of halogens is 1. The van der Waals surface area contributed by atoms with Crippen LogP contribution in [0.5, 0.6) is 5.75 Å². The summed E-state index contributed by atoms with van der Waals surface area (Å²) >= 11 is 5.88. The zero-order chi connectivity index (χ0) is 15.4. The molecule has 0 aromatic heterocycles. The second-order valence-corrected chi connectivity index (χ2v) is 5.46. The molecular formula is C17H17ClO3. The molecule has 0 aliphatic carbocycles. The van der Waals surface area contributed by atoms with Crippen molar-refractivity contribution in [3.8, 4) is 5.75 Å². The Morgan fingerprint density at radius 2 is 1.95 bits per heavy atom. The van der Waals surface area contributed by atoms with E-state index in [0.29, 0.717) is 17.2 Å². The molecule has 2 rings (SSSR count). The molecule has 0 radical (unpaired) electrons. The predicted molar refractivity (Wildman–Crippen MR) is 83.1 cm³/mol. The van der Waals surface area contributed by atoms with Crippen LogP contribution >= 0.6 is 11.6 Å². The van der Waals surface area contributed by atoms with Gasteiger partial charge in [-0.25, -0.2) is 4.79 Å². The van der Waals surface area contributed by atoms with Crippen LogP contribution in [-0.2, 0) is 11.2 Å². The molecule has 0 unspecified atom stereocenters. The van der Waals surface area contributed by atoms with Gasteiger partial charge in [-0.05, 0) is 48.7 Å². The second-order valence-electron chi connectivity index (χ2n) is 5.02. The van der Waals surface area contributed by atoms with E-state index in [1.54, 1.807) is 24.3 Å². The van der Waals surface area contributed by atoms with Crippen molar-refractivity contribution >= 4 is 17.6 Å². The van der Waals surface area contributed by atoms with Crippen LogP contribution in [0.3, 0.4) is 0 Å². The number of hydrogen-bond acceptors (Lipinski definition) is 2. The number of carboxylic acid groups (broad SMARTS) is 1. The average molecular weight is 305 g/mol. The second kappa shape index (κ2) is 6.64. The normalized spacial score (nSPS) is 12.0. The Morgan fingerprint density at radius 1 is 1.19 bits per heavy atom. The van der Waals surface area contributed by atoms with Gasteiger partial charge in [0.05, 0.1) is 0 Å². The van der Waals surface area contributed by atoms with E-state index in [1.807, 2.05) is 32.0 Å². The highest BCUT2D eigenvalue weighted by molar-refractivity contribution is 6.30. The number of hydrogen-bond donors (Lipinski definition) is 1. The zero-order valence-electron chi connectivity index (χ0n) is 12.0. The molecule has 4 heteroatoms. The topological polar surface area (TPSA) is 46.5 Å². The molecule has 2 aromatic carbocycles. The first-order chi connectivity index (χ1) is 9.95. The lowest BCUT2D eigenvalue weighted by molar-refractivity contribution is -0.145. The summed E-state index contributed by atoms with van der Waals surface area (Å²) < 4.78 is 5.55. The molecule has 3 nitrogen and oxygen atoms in total. The van der Waals surface area contributed by atoms with E-state index >= 15 is 0 Å². The summed E-state index contributed by atoms with van der Waals surface area (Å²) in [6, 6.07) is 12.7. The highest BCUT2D eigenvalue weighted by Gasteiger charge is 2.20. The molecule has 0 aliphatic rings. The van der Waals surface area contributed by atoms with E-state index in [-0.39, 0.29) is 0 Å². The molecule has 0 amide bonds. The average Bonchev–Trinajstić information content (AvgIpc) is 2.42. The first-order valence-corrected chi connectivity index (χ1v) is 7.04. The Hall–Kier alpha value is -2.00. The quantitative estimate of drug-likeness (QED) is 0.907. The fourth-order valence-electron chi connectivity index (χ4n) is 2.03. The summed E-state index contributed by atoms with van der Waals surface area (Å²) in [5.74, 6) is -0.535. The van der Waals surface area contributed by atoms with Gasteiger partial charge in [0.25, 0.3) is 0 Å². The lowest BCUT2D eigenvalue weighted by atomic mass is 10.0. The monoisotopic (exact) mass is 304 g/mol. The highest BCUT2D eigenvalue weighted by Crippen LogP contribution is 2.20. The summed E-state index contributed by atoms with van der Waals surface area (Å²) in [5, 5.41) is 9.85. The number of ether oxygens (including phenoxy) is 1. The van der Waals surface area contributed by atoms with E-state index in [9.17, 15) is 9.90 Å². The molecule has 1 N–H and O–H groups in total. The summed E-state index contributed by atoms with van der Waals surface area (Å²) in [6.07, 6.45) is -0.631. The Bertz CT molecular complexity index is 652. The molecule has 0 aliphatic heterocycles. The maximum Gasteiger partial charge on any atom is 0.345 e. The van der Waals surface area contributed by atoms with Crippen molar-refractivity contribution in [1.29, 1.82) is 0 Å². The van der Waals surface area contributed by atoms with Gasteiger partial charge in [-0.15, -0.1) is 0 Å². The number of carboxylic acids is 1. The molecule has 1 atom stereocenters. The number of aryl methyl sites for hydroxylation is 2. The van der Waals surface area contributed by atoms with Crippen LogP contribution in [0.15, 0.2) is 42.5 Å². The summed E-state index contributed by atoms with van der Waals surface area (Å²) in [5.41, 5.74) is 3.26. The number of aliphatic carboxylic acids is 1. The fourth-order valence-corrected chi connectivity index (χ4v) is 2.21. The molecule has 0 spiro atoms. The van der Waals surface area contributed by atoms with Gasteiger partial charge in [0.15, 0.2) is 6.10 Å². The predicted octanol–water partition coefficient (Wildman–Crippen LogP) is 4.03. The SMILES string of the molecule is Cc1ccc(C[C@@H](Oc2cccc(Cl)c2)C(=O)O)cc1C. The van der Waals surface area contributed by atoms with Crippen LogP contribution < -0.4 is 4.74 Å². The maximum absolute atomic E-state index is 11.4. The van der Waals surface area contributed by atoms with Crippen molar-refractivity contribution in [2.75, 3.05) is 0 Å². The Morgan fingerprint density at radius 3 is 2.57 bits per heavy atom. The number of benzene rings is 2. The third-order valence-corrected chi connectivity index (χ3v) is 3.58. The zero-order valence-corrected chi connectivity index (χ0v) is 12.7. The van der Waals surface area contributed by atoms with Gasteiger partial charge >= 0.3 is 5.97 Å². The smallest absolute Gasteiger partial charge is 0.345 e. The van der Waals surface area contributed by atoms with Crippen molar-refractivity contribution in [1.82, 2.24) is 0 Å². The molecule has 0 fully saturated rings. The van der Waals surface area contributed by atoms with Crippen molar-refractivity contribution in [2.24, 2.45) is 0 Å². The Kier molecular flexibility index (Phi) is 4.86. The number of carbonyl (C=O) groups is 1. The van der Waals surface area contributed by atoms with E-state index in [0.717, 1.165) is 11.1 Å². The van der Waals surface area contributed by atoms with E-state index in [2.05, 4.69) is 0 Å². The number of rotatable bonds is 5. The van der Waals surface area contributed by atoms with Crippen molar-refractivity contribution in [3.05, 3.63) is 64.2 Å². The van der Waals surface area contributed by atoms with Crippen LogP contribution in [-0.4, -0.2) is 17.2 Å². The maximum atomic E-state index is 11.4. The van der Waals surface area contributed by atoms with Crippen molar-refractivity contribution in [3.63, 3.8) is 0 Å². The lowest BCUT2D eigenvalue weighted by Gasteiger charge is -2.16. The minimum atomic E-state index is -0.992. The van der Waals surface area contributed by atoms with Crippen molar-refractivity contribution < 1.29 is 14.6 Å². The highest BCUT2D eigenvalue weighted by atomic mass is 35.5. The van der Waals surface area contributed by atoms with Gasteiger partial charge in [-0.1, -0.05) is 35.9 Å². The largest absolute Gasteiger partial charge is 0.478 e. The van der Waals surface area contributed by atoms with Gasteiger partial charge < -0.3 is 9.84 Å². The van der Waals surface area contributed by atoms with Crippen LogP contribution in [0, 0.1) is 13.8 Å². The first-order valence-electron chi connectivity index (χ1n) is 6.67. The van der Waals surface area contributed by atoms with Gasteiger partial charge in [0.2, 0.25) is 0 Å². The van der Waals surface area contributed by atoms with E-state index in [1.165, 1.54) is 5.56 Å². The van der Waals surface area contributed by atoms with Crippen LogP contribution in [0.1, 0.15) is 16.7 Å². The third-order valence-electron chi connectivity index (χ3n) is 3.34. The van der Waals surface area contributed by atoms with Gasteiger partial charge in [-0.3, -0.25) is 0 Å². The molecule has 21 heavy (non-hydrogen) atoms. The molecular weight excluding hydrogens is 288 g/mol. The van der Waals surface area contributed by atoms with Crippen LogP contribution in [0.25, 0.3) is 0 Å². The lowest BCUT2D eigenvalue weighted by Crippen LogP contribution is -2.29.